The van der Waals surface area contributed by atoms with Crippen molar-refractivity contribution in [1.29, 1.82) is 0 Å². The fourth-order valence-corrected chi connectivity index (χ4v) is 2.77. The summed E-state index contributed by atoms with van der Waals surface area (Å²) in [6, 6.07) is 18.3. The lowest BCUT2D eigenvalue weighted by Crippen LogP contribution is -2.38. The monoisotopic (exact) mass is 347 g/mol. The summed E-state index contributed by atoms with van der Waals surface area (Å²) < 4.78 is 5.84. The Morgan fingerprint density at radius 2 is 1.92 bits per heavy atom. The number of rotatable bonds is 4. The van der Waals surface area contributed by atoms with Crippen molar-refractivity contribution in [2.75, 3.05) is 11.9 Å². The standard InChI is InChI=1S/C20H17N3O3/c21-16(11-24)19(25)22-15-7-8-18-17(10-15)23-20(26-18)14-6-5-12-3-1-2-4-13(12)9-14/h1-10,16,24H,11,21H2,(H,22,25). The topological polar surface area (TPSA) is 101 Å². The van der Waals surface area contributed by atoms with E-state index in [0.717, 1.165) is 16.3 Å². The molecule has 1 heterocycles. The minimum atomic E-state index is -0.962. The molecular weight excluding hydrogens is 330 g/mol. The fraction of sp³-hybridized carbons (Fsp3) is 0.100. The number of benzene rings is 3. The molecule has 0 radical (unpaired) electrons. The van der Waals surface area contributed by atoms with Crippen LogP contribution in [0.4, 0.5) is 5.69 Å². The molecular formula is C20H17N3O3. The van der Waals surface area contributed by atoms with E-state index in [9.17, 15) is 4.79 Å². The van der Waals surface area contributed by atoms with Gasteiger partial charge in [0.1, 0.15) is 11.6 Å². The van der Waals surface area contributed by atoms with Crippen LogP contribution in [-0.4, -0.2) is 28.6 Å². The van der Waals surface area contributed by atoms with E-state index in [1.807, 2.05) is 36.4 Å². The summed E-state index contributed by atoms with van der Waals surface area (Å²) in [7, 11) is 0. The molecule has 0 saturated heterocycles. The Kier molecular flexibility index (Phi) is 4.12. The van der Waals surface area contributed by atoms with Crippen LogP contribution in [0, 0.1) is 0 Å². The van der Waals surface area contributed by atoms with Crippen LogP contribution in [0.3, 0.4) is 0 Å². The first-order valence-corrected chi connectivity index (χ1v) is 8.21. The van der Waals surface area contributed by atoms with Gasteiger partial charge in [-0.05, 0) is 41.1 Å². The number of carbonyl (C=O) groups is 1. The number of aromatic nitrogens is 1. The molecule has 0 spiro atoms. The molecule has 6 heteroatoms. The lowest BCUT2D eigenvalue weighted by Gasteiger charge is -2.08. The fourth-order valence-electron chi connectivity index (χ4n) is 2.77. The molecule has 0 aliphatic carbocycles. The number of oxazole rings is 1. The van der Waals surface area contributed by atoms with Crippen LogP contribution in [-0.2, 0) is 4.79 Å². The van der Waals surface area contributed by atoms with Crippen molar-refractivity contribution in [3.05, 3.63) is 60.7 Å². The summed E-state index contributed by atoms with van der Waals surface area (Å²) in [5.41, 5.74) is 8.19. The van der Waals surface area contributed by atoms with Crippen molar-refractivity contribution >= 4 is 33.5 Å². The number of nitrogens with zero attached hydrogens (tertiary/aromatic N) is 1. The van der Waals surface area contributed by atoms with E-state index in [1.165, 1.54) is 0 Å². The molecule has 4 aromatic rings. The van der Waals surface area contributed by atoms with Crippen LogP contribution >= 0.6 is 0 Å². The zero-order chi connectivity index (χ0) is 18.1. The number of carbonyl (C=O) groups excluding carboxylic acids is 1. The van der Waals surface area contributed by atoms with Gasteiger partial charge in [0, 0.05) is 11.3 Å². The highest BCUT2D eigenvalue weighted by molar-refractivity contribution is 5.96. The molecule has 0 saturated carbocycles. The van der Waals surface area contributed by atoms with Gasteiger partial charge in [0.05, 0.1) is 6.61 Å². The van der Waals surface area contributed by atoms with Gasteiger partial charge in [0.25, 0.3) is 0 Å². The Bertz CT molecular complexity index is 1100. The molecule has 4 N–H and O–H groups in total. The molecule has 0 aliphatic rings. The number of anilines is 1. The molecule has 130 valence electrons. The predicted octanol–water partition coefficient (Wildman–Crippen LogP) is 2.91. The Balaban J connectivity index is 1.67. The summed E-state index contributed by atoms with van der Waals surface area (Å²) >= 11 is 0. The van der Waals surface area contributed by atoms with Gasteiger partial charge in [-0.2, -0.15) is 0 Å². The molecule has 3 aromatic carbocycles. The van der Waals surface area contributed by atoms with Gasteiger partial charge in [-0.25, -0.2) is 4.98 Å². The first-order chi connectivity index (χ1) is 12.6. The van der Waals surface area contributed by atoms with Crippen LogP contribution in [0.15, 0.2) is 65.1 Å². The molecule has 4 rings (SSSR count). The third-order valence-corrected chi connectivity index (χ3v) is 4.18. The molecule has 6 nitrogen and oxygen atoms in total. The van der Waals surface area contributed by atoms with E-state index in [4.69, 9.17) is 15.3 Å². The van der Waals surface area contributed by atoms with E-state index in [1.54, 1.807) is 18.2 Å². The maximum absolute atomic E-state index is 11.8. The molecule has 26 heavy (non-hydrogen) atoms. The second kappa shape index (κ2) is 6.59. The van der Waals surface area contributed by atoms with Gasteiger partial charge < -0.3 is 20.6 Å². The van der Waals surface area contributed by atoms with E-state index in [2.05, 4.69) is 16.4 Å². The average molecular weight is 347 g/mol. The van der Waals surface area contributed by atoms with Gasteiger partial charge in [-0.3, -0.25) is 4.79 Å². The highest BCUT2D eigenvalue weighted by Gasteiger charge is 2.14. The van der Waals surface area contributed by atoms with E-state index < -0.39 is 18.6 Å². The van der Waals surface area contributed by atoms with E-state index in [-0.39, 0.29) is 0 Å². The quantitative estimate of drug-likeness (QED) is 0.527. The lowest BCUT2D eigenvalue weighted by atomic mass is 10.1. The van der Waals surface area contributed by atoms with Crippen LogP contribution in [0.1, 0.15) is 0 Å². The van der Waals surface area contributed by atoms with Crippen LogP contribution in [0.25, 0.3) is 33.3 Å². The highest BCUT2D eigenvalue weighted by atomic mass is 16.3. The highest BCUT2D eigenvalue weighted by Crippen LogP contribution is 2.28. The molecule has 1 atom stereocenters. The van der Waals surface area contributed by atoms with Crippen LogP contribution in [0.5, 0.6) is 0 Å². The van der Waals surface area contributed by atoms with E-state index in [0.29, 0.717) is 22.7 Å². The van der Waals surface area contributed by atoms with Gasteiger partial charge in [0.2, 0.25) is 11.8 Å². The number of aliphatic hydroxyl groups excluding tert-OH is 1. The van der Waals surface area contributed by atoms with Crippen LogP contribution < -0.4 is 11.1 Å². The number of fused-ring (bicyclic) bond motifs is 2. The normalized spacial score (nSPS) is 12.4. The lowest BCUT2D eigenvalue weighted by molar-refractivity contribution is -0.118. The number of aliphatic hydroxyl groups is 1. The zero-order valence-electron chi connectivity index (χ0n) is 13.8. The molecule has 1 aromatic heterocycles. The molecule has 0 aliphatic heterocycles. The third kappa shape index (κ3) is 3.03. The van der Waals surface area contributed by atoms with Crippen molar-refractivity contribution in [3.63, 3.8) is 0 Å². The van der Waals surface area contributed by atoms with Crippen LogP contribution in [0.2, 0.25) is 0 Å². The summed E-state index contributed by atoms with van der Waals surface area (Å²) in [6.07, 6.45) is 0. The Morgan fingerprint density at radius 3 is 2.73 bits per heavy atom. The second-order valence-corrected chi connectivity index (χ2v) is 6.04. The molecule has 0 bridgehead atoms. The van der Waals surface area contributed by atoms with Crippen molar-refractivity contribution in [2.24, 2.45) is 5.73 Å². The molecule has 0 fully saturated rings. The summed E-state index contributed by atoms with van der Waals surface area (Å²) in [4.78, 5) is 16.3. The number of hydrogen-bond donors (Lipinski definition) is 3. The largest absolute Gasteiger partial charge is 0.436 e. The van der Waals surface area contributed by atoms with Gasteiger partial charge >= 0.3 is 0 Å². The number of nitrogens with one attached hydrogen (secondary N) is 1. The summed E-state index contributed by atoms with van der Waals surface area (Å²) in [5.74, 6) is 0.0615. The van der Waals surface area contributed by atoms with Gasteiger partial charge in [-0.1, -0.05) is 30.3 Å². The van der Waals surface area contributed by atoms with E-state index >= 15 is 0 Å². The first-order valence-electron chi connectivity index (χ1n) is 8.21. The average Bonchev–Trinajstić information content (AvgIpc) is 3.10. The first kappa shape index (κ1) is 16.3. The predicted molar refractivity (Wildman–Crippen MR) is 101 cm³/mol. The number of amides is 1. The minimum absolute atomic E-state index is 0.413. The van der Waals surface area contributed by atoms with Crippen molar-refractivity contribution < 1.29 is 14.3 Å². The minimum Gasteiger partial charge on any atom is -0.436 e. The maximum atomic E-state index is 11.8. The van der Waals surface area contributed by atoms with Crippen molar-refractivity contribution in [2.45, 2.75) is 6.04 Å². The summed E-state index contributed by atoms with van der Waals surface area (Å²) in [5, 5.41) is 13.9. The third-order valence-electron chi connectivity index (χ3n) is 4.18. The summed E-state index contributed by atoms with van der Waals surface area (Å²) in [6.45, 7) is -0.413. The molecule has 1 amide bonds. The Hall–Kier alpha value is -3.22. The van der Waals surface area contributed by atoms with Gasteiger partial charge in [-0.15, -0.1) is 0 Å². The molecule has 1 unspecified atom stereocenters. The zero-order valence-corrected chi connectivity index (χ0v) is 13.8. The maximum Gasteiger partial charge on any atom is 0.243 e. The smallest absolute Gasteiger partial charge is 0.243 e. The van der Waals surface area contributed by atoms with Crippen molar-refractivity contribution in [3.8, 4) is 11.5 Å². The SMILES string of the molecule is NC(CO)C(=O)Nc1ccc2oc(-c3ccc4ccccc4c3)nc2c1. The number of nitrogens with two attached hydrogens (primary N) is 1. The van der Waals surface area contributed by atoms with Crippen molar-refractivity contribution in [1.82, 2.24) is 4.98 Å². The Labute approximate surface area is 149 Å². The second-order valence-electron chi connectivity index (χ2n) is 6.04. The Morgan fingerprint density at radius 1 is 1.12 bits per heavy atom. The van der Waals surface area contributed by atoms with Gasteiger partial charge in [0.15, 0.2) is 5.58 Å². The number of hydrogen-bond acceptors (Lipinski definition) is 5.